The molecular weight excluding hydrogens is 438 g/mol. The van der Waals surface area contributed by atoms with Crippen LogP contribution in [0.25, 0.3) is 22.6 Å². The molecule has 11 heteroatoms. The maximum Gasteiger partial charge on any atom is 0.330 e. The number of pyridine rings is 1. The zero-order valence-corrected chi connectivity index (χ0v) is 19.7. The lowest BCUT2D eigenvalue weighted by atomic mass is 10.2. The first kappa shape index (κ1) is 23.7. The molecule has 1 aliphatic rings. The topological polar surface area (TPSA) is 127 Å². The Hall–Kier alpha value is -3.47. The number of methoxy groups -OCH3 is 1. The molecule has 4 heterocycles. The van der Waals surface area contributed by atoms with Crippen LogP contribution in [0, 0.1) is 0 Å². The average molecular weight is 470 g/mol. The van der Waals surface area contributed by atoms with E-state index in [1.54, 1.807) is 17.9 Å². The zero-order chi connectivity index (χ0) is 24.1. The highest BCUT2D eigenvalue weighted by Gasteiger charge is 2.20. The lowest BCUT2D eigenvalue weighted by molar-refractivity contribution is -0.127. The second-order valence-electron chi connectivity index (χ2n) is 8.36. The molecule has 1 saturated heterocycles. The molecule has 0 aromatic carbocycles. The van der Waals surface area contributed by atoms with Crippen LogP contribution < -0.4 is 16.6 Å². The molecule has 3 aromatic heterocycles. The van der Waals surface area contributed by atoms with Crippen molar-refractivity contribution in [3.8, 4) is 11.4 Å². The van der Waals surface area contributed by atoms with Crippen LogP contribution in [0.5, 0.6) is 0 Å². The summed E-state index contributed by atoms with van der Waals surface area (Å²) < 4.78 is 8.66. The van der Waals surface area contributed by atoms with E-state index in [0.717, 1.165) is 43.7 Å². The van der Waals surface area contributed by atoms with Gasteiger partial charge < -0.3 is 19.5 Å². The van der Waals surface area contributed by atoms with E-state index < -0.39 is 11.2 Å². The van der Waals surface area contributed by atoms with Crippen molar-refractivity contribution in [2.75, 3.05) is 38.7 Å². The standard InChI is InChI=1S/C23H31N7O4/c1-3-10-30-22-19(21(32)27-23(30)33)26-20(29(22)13-14-34-2)16-7-8-17(25-15-16)24-9-5-12-28-11-4-6-18(28)31/h7-8,15H,3-6,9-14H2,1-2H3,(H,24,25)(H,27,32,33). The lowest BCUT2D eigenvalue weighted by Gasteiger charge is -2.15. The van der Waals surface area contributed by atoms with E-state index in [1.165, 1.54) is 0 Å². The summed E-state index contributed by atoms with van der Waals surface area (Å²) in [5.74, 6) is 1.51. The van der Waals surface area contributed by atoms with Crippen molar-refractivity contribution in [3.63, 3.8) is 0 Å². The first-order chi connectivity index (χ1) is 16.5. The first-order valence-corrected chi connectivity index (χ1v) is 11.7. The Morgan fingerprint density at radius 2 is 2.00 bits per heavy atom. The van der Waals surface area contributed by atoms with Crippen LogP contribution in [-0.4, -0.2) is 68.2 Å². The van der Waals surface area contributed by atoms with Gasteiger partial charge in [-0.15, -0.1) is 0 Å². The fraction of sp³-hybridized carbons (Fsp3) is 0.522. The fourth-order valence-electron chi connectivity index (χ4n) is 4.29. The molecular formula is C23H31N7O4. The number of aromatic nitrogens is 5. The van der Waals surface area contributed by atoms with Gasteiger partial charge in [-0.05, 0) is 31.4 Å². The molecule has 4 rings (SSSR count). The number of carbonyl (C=O) groups is 1. The SMILES string of the molecule is CCCn1c(=O)[nH]c(=O)c2nc(-c3ccc(NCCCN4CCCC4=O)nc3)n(CCOC)c21. The third-order valence-corrected chi connectivity index (χ3v) is 5.95. The number of hydrogen-bond acceptors (Lipinski definition) is 7. The molecule has 0 atom stereocenters. The quantitative estimate of drug-likeness (QED) is 0.407. The Labute approximate surface area is 196 Å². The number of nitrogens with zero attached hydrogens (tertiary/aromatic N) is 5. The van der Waals surface area contributed by atoms with Crippen LogP contribution in [0.4, 0.5) is 5.82 Å². The average Bonchev–Trinajstić information content (AvgIpc) is 3.42. The van der Waals surface area contributed by atoms with Crippen LogP contribution in [0.1, 0.15) is 32.6 Å². The predicted octanol–water partition coefficient (Wildman–Crippen LogP) is 1.43. The summed E-state index contributed by atoms with van der Waals surface area (Å²) in [6.07, 6.45) is 4.89. The summed E-state index contributed by atoms with van der Waals surface area (Å²) in [4.78, 5) is 50.1. The van der Waals surface area contributed by atoms with Gasteiger partial charge in [0.25, 0.3) is 5.56 Å². The van der Waals surface area contributed by atoms with Crippen molar-refractivity contribution in [1.29, 1.82) is 0 Å². The van der Waals surface area contributed by atoms with Gasteiger partial charge in [-0.25, -0.2) is 14.8 Å². The van der Waals surface area contributed by atoms with Gasteiger partial charge in [0.1, 0.15) is 11.6 Å². The normalized spacial score (nSPS) is 13.8. The predicted molar refractivity (Wildman–Crippen MR) is 129 cm³/mol. The van der Waals surface area contributed by atoms with Gasteiger partial charge in [-0.3, -0.25) is 19.1 Å². The van der Waals surface area contributed by atoms with Crippen LogP contribution in [0.2, 0.25) is 0 Å². The number of anilines is 1. The summed E-state index contributed by atoms with van der Waals surface area (Å²) in [5, 5.41) is 3.28. The minimum absolute atomic E-state index is 0.220. The second kappa shape index (κ2) is 10.6. The van der Waals surface area contributed by atoms with E-state index in [9.17, 15) is 14.4 Å². The Morgan fingerprint density at radius 1 is 1.15 bits per heavy atom. The van der Waals surface area contributed by atoms with E-state index >= 15 is 0 Å². The Kier molecular flexibility index (Phi) is 7.41. The number of carbonyl (C=O) groups excluding carboxylic acids is 1. The maximum atomic E-state index is 12.5. The van der Waals surface area contributed by atoms with Gasteiger partial charge in [-0.1, -0.05) is 6.92 Å². The van der Waals surface area contributed by atoms with Gasteiger partial charge in [0.05, 0.1) is 6.61 Å². The fourth-order valence-corrected chi connectivity index (χ4v) is 4.29. The first-order valence-electron chi connectivity index (χ1n) is 11.7. The largest absolute Gasteiger partial charge is 0.383 e. The smallest absolute Gasteiger partial charge is 0.330 e. The Bertz CT molecular complexity index is 1260. The van der Waals surface area contributed by atoms with Crippen molar-refractivity contribution < 1.29 is 9.53 Å². The number of ether oxygens (including phenoxy) is 1. The highest BCUT2D eigenvalue weighted by molar-refractivity contribution is 5.78. The molecule has 2 N–H and O–H groups in total. The van der Waals surface area contributed by atoms with E-state index in [2.05, 4.69) is 20.3 Å². The Balaban J connectivity index is 1.57. The van der Waals surface area contributed by atoms with Crippen LogP contribution in [0.3, 0.4) is 0 Å². The van der Waals surface area contributed by atoms with E-state index in [1.807, 2.05) is 28.5 Å². The van der Waals surface area contributed by atoms with Crippen LogP contribution >= 0.6 is 0 Å². The summed E-state index contributed by atoms with van der Waals surface area (Å²) in [7, 11) is 1.60. The number of fused-ring (bicyclic) bond motifs is 1. The summed E-state index contributed by atoms with van der Waals surface area (Å²) in [6, 6.07) is 3.75. The highest BCUT2D eigenvalue weighted by atomic mass is 16.5. The molecule has 11 nitrogen and oxygen atoms in total. The number of likely N-dealkylation sites (tertiary alicyclic amines) is 1. The van der Waals surface area contributed by atoms with Crippen molar-refractivity contribution in [2.45, 2.75) is 45.7 Å². The van der Waals surface area contributed by atoms with Crippen molar-refractivity contribution in [3.05, 3.63) is 39.2 Å². The van der Waals surface area contributed by atoms with Gasteiger partial charge in [0.15, 0.2) is 11.2 Å². The van der Waals surface area contributed by atoms with Crippen LogP contribution in [-0.2, 0) is 22.6 Å². The molecule has 0 aliphatic carbocycles. The number of aromatic amines is 1. The Morgan fingerprint density at radius 3 is 2.68 bits per heavy atom. The number of nitrogens with one attached hydrogen (secondary N) is 2. The van der Waals surface area contributed by atoms with Gasteiger partial charge in [-0.2, -0.15) is 0 Å². The van der Waals surface area contributed by atoms with Crippen molar-refractivity contribution >= 4 is 22.9 Å². The van der Waals surface area contributed by atoms with E-state index in [4.69, 9.17) is 4.74 Å². The highest BCUT2D eigenvalue weighted by Crippen LogP contribution is 2.23. The summed E-state index contributed by atoms with van der Waals surface area (Å²) in [5.41, 5.74) is 0.486. The van der Waals surface area contributed by atoms with E-state index in [0.29, 0.717) is 44.1 Å². The molecule has 1 amide bonds. The minimum Gasteiger partial charge on any atom is -0.383 e. The summed E-state index contributed by atoms with van der Waals surface area (Å²) >= 11 is 0. The molecule has 0 saturated carbocycles. The minimum atomic E-state index is -0.507. The molecule has 0 bridgehead atoms. The molecule has 34 heavy (non-hydrogen) atoms. The lowest BCUT2D eigenvalue weighted by Crippen LogP contribution is -2.31. The maximum absolute atomic E-state index is 12.5. The number of imidazole rings is 1. The zero-order valence-electron chi connectivity index (χ0n) is 19.7. The third-order valence-electron chi connectivity index (χ3n) is 5.95. The van der Waals surface area contributed by atoms with Crippen LogP contribution in [0.15, 0.2) is 27.9 Å². The van der Waals surface area contributed by atoms with Gasteiger partial charge >= 0.3 is 5.69 Å². The number of rotatable bonds is 11. The van der Waals surface area contributed by atoms with E-state index in [-0.39, 0.29) is 11.4 Å². The number of aryl methyl sites for hydroxylation is 1. The monoisotopic (exact) mass is 469 g/mol. The van der Waals surface area contributed by atoms with Gasteiger partial charge in [0.2, 0.25) is 5.91 Å². The van der Waals surface area contributed by atoms with Crippen molar-refractivity contribution in [2.24, 2.45) is 0 Å². The molecule has 3 aromatic rings. The number of H-pyrrole nitrogens is 1. The molecule has 182 valence electrons. The molecule has 1 fully saturated rings. The number of hydrogen-bond donors (Lipinski definition) is 2. The molecule has 0 unspecified atom stereocenters. The molecule has 0 radical (unpaired) electrons. The molecule has 1 aliphatic heterocycles. The summed E-state index contributed by atoms with van der Waals surface area (Å²) in [6.45, 7) is 5.59. The van der Waals surface area contributed by atoms with Crippen molar-refractivity contribution in [1.82, 2.24) is 29.0 Å². The molecule has 0 spiro atoms. The third kappa shape index (κ3) is 4.89. The number of amides is 1. The van der Waals surface area contributed by atoms with Gasteiger partial charge in [0, 0.05) is 58.0 Å². The second-order valence-corrected chi connectivity index (χ2v) is 8.36.